The molecular weight excluding hydrogens is 262 g/mol. The molecule has 0 bridgehead atoms. The molecule has 0 spiro atoms. The third-order valence-corrected chi connectivity index (χ3v) is 3.64. The van der Waals surface area contributed by atoms with Crippen molar-refractivity contribution in [2.24, 2.45) is 4.99 Å². The highest BCUT2D eigenvalue weighted by Gasteiger charge is 1.96. The Labute approximate surface area is 126 Å². The zero-order chi connectivity index (χ0) is 14.8. The van der Waals surface area contributed by atoms with Gasteiger partial charge in [0.25, 0.3) is 0 Å². The average molecular weight is 283 g/mol. The maximum atomic E-state index is 4.43. The third kappa shape index (κ3) is 5.45. The lowest BCUT2D eigenvalue weighted by molar-refractivity contribution is 1.38. The van der Waals surface area contributed by atoms with Crippen LogP contribution in [-0.4, -0.2) is 6.21 Å². The minimum atomic E-state index is 0.954. The van der Waals surface area contributed by atoms with E-state index in [1.165, 1.54) is 4.90 Å². The Hall–Kier alpha value is -1.80. The molecule has 104 valence electrons. The van der Waals surface area contributed by atoms with Crippen LogP contribution in [0.4, 0.5) is 0 Å². The molecule has 2 heteroatoms. The summed E-state index contributed by atoms with van der Waals surface area (Å²) in [4.78, 5) is 5.63. The summed E-state index contributed by atoms with van der Waals surface area (Å²) in [6, 6.07) is 8.21. The lowest BCUT2D eigenvalue weighted by atomic mass is 10.2. The zero-order valence-electron chi connectivity index (χ0n) is 12.3. The van der Waals surface area contributed by atoms with Gasteiger partial charge in [0.15, 0.2) is 0 Å². The highest BCUT2D eigenvalue weighted by atomic mass is 32.2. The molecule has 0 amide bonds. The monoisotopic (exact) mass is 283 g/mol. The summed E-state index contributed by atoms with van der Waals surface area (Å²) in [5.74, 6) is 0. The molecule has 0 atom stereocenters. The van der Waals surface area contributed by atoms with Gasteiger partial charge in [-0.1, -0.05) is 54.8 Å². The first-order valence-electron chi connectivity index (χ1n) is 6.59. The molecule has 0 aliphatic carbocycles. The quantitative estimate of drug-likeness (QED) is 0.361. The van der Waals surface area contributed by atoms with E-state index in [-0.39, 0.29) is 0 Å². The van der Waals surface area contributed by atoms with Crippen molar-refractivity contribution in [3.63, 3.8) is 0 Å². The summed E-state index contributed by atoms with van der Waals surface area (Å²) >= 11 is 1.67. The van der Waals surface area contributed by atoms with Gasteiger partial charge >= 0.3 is 0 Å². The van der Waals surface area contributed by atoms with Gasteiger partial charge in [0.05, 0.1) is 5.70 Å². The van der Waals surface area contributed by atoms with E-state index in [0.717, 1.165) is 16.8 Å². The van der Waals surface area contributed by atoms with Crippen LogP contribution in [-0.2, 0) is 0 Å². The maximum Gasteiger partial charge on any atom is 0.0592 e. The minimum Gasteiger partial charge on any atom is -0.257 e. The number of benzene rings is 1. The molecule has 20 heavy (non-hydrogen) atoms. The molecule has 0 aliphatic rings. The van der Waals surface area contributed by atoms with Crippen LogP contribution < -0.4 is 0 Å². The molecule has 0 unspecified atom stereocenters. The van der Waals surface area contributed by atoms with Gasteiger partial charge in [0, 0.05) is 11.1 Å². The van der Waals surface area contributed by atoms with Crippen LogP contribution in [0.2, 0.25) is 0 Å². The van der Waals surface area contributed by atoms with Crippen LogP contribution in [0.5, 0.6) is 0 Å². The second kappa shape index (κ2) is 9.16. The molecule has 1 aromatic rings. The summed E-state index contributed by atoms with van der Waals surface area (Å²) in [6.45, 7) is 9.87. The first kappa shape index (κ1) is 16.3. The Morgan fingerprint density at radius 2 is 1.95 bits per heavy atom. The van der Waals surface area contributed by atoms with Crippen molar-refractivity contribution in [2.75, 3.05) is 0 Å². The molecule has 0 aliphatic heterocycles. The first-order chi connectivity index (χ1) is 9.71. The maximum absolute atomic E-state index is 4.43. The van der Waals surface area contributed by atoms with Crippen LogP contribution in [0, 0.1) is 0 Å². The lowest BCUT2D eigenvalue weighted by Crippen LogP contribution is -1.79. The summed E-state index contributed by atoms with van der Waals surface area (Å²) < 4.78 is 0. The van der Waals surface area contributed by atoms with E-state index in [0.29, 0.717) is 0 Å². The van der Waals surface area contributed by atoms with Crippen molar-refractivity contribution in [3.8, 4) is 0 Å². The number of hydrogen-bond acceptors (Lipinski definition) is 2. The van der Waals surface area contributed by atoms with Crippen molar-refractivity contribution < 1.29 is 0 Å². The second-order valence-electron chi connectivity index (χ2n) is 4.17. The zero-order valence-corrected chi connectivity index (χ0v) is 13.2. The first-order valence-corrected chi connectivity index (χ1v) is 7.47. The molecule has 0 aromatic heterocycles. The van der Waals surface area contributed by atoms with E-state index in [9.17, 15) is 0 Å². The second-order valence-corrected chi connectivity index (χ2v) is 5.11. The fourth-order valence-corrected chi connectivity index (χ4v) is 2.20. The Morgan fingerprint density at radius 1 is 1.20 bits per heavy atom. The van der Waals surface area contributed by atoms with Crippen molar-refractivity contribution in [1.29, 1.82) is 0 Å². The average Bonchev–Trinajstić information content (AvgIpc) is 2.50. The molecule has 0 fully saturated rings. The molecular formula is C18H21NS. The van der Waals surface area contributed by atoms with E-state index >= 15 is 0 Å². The molecule has 1 nitrogen and oxygen atoms in total. The van der Waals surface area contributed by atoms with Gasteiger partial charge in [-0.05, 0) is 49.5 Å². The van der Waals surface area contributed by atoms with Crippen molar-refractivity contribution in [2.45, 2.75) is 25.7 Å². The summed E-state index contributed by atoms with van der Waals surface area (Å²) in [6.07, 6.45) is 9.80. The SMILES string of the molecule is C=Cc1ccccc1S\C=C/C(=C\C)/N=C\C(C)=C/C. The molecule has 0 N–H and O–H groups in total. The van der Waals surface area contributed by atoms with Gasteiger partial charge in [-0.15, -0.1) is 0 Å². The van der Waals surface area contributed by atoms with Crippen molar-refractivity contribution in [3.05, 3.63) is 71.3 Å². The Kier molecular flexibility index (Phi) is 7.44. The van der Waals surface area contributed by atoms with E-state index in [1.54, 1.807) is 11.8 Å². The highest BCUT2D eigenvalue weighted by Crippen LogP contribution is 2.24. The minimum absolute atomic E-state index is 0.954. The Balaban J connectivity index is 2.72. The van der Waals surface area contributed by atoms with E-state index < -0.39 is 0 Å². The predicted octanol–water partition coefficient (Wildman–Crippen LogP) is 5.88. The molecule has 1 rings (SSSR count). The standard InChI is InChI=1S/C18H21NS/c1-5-15(4)14-19-17(7-3)12-13-20-18-11-9-8-10-16(18)6-2/h5-14H,2H2,1,3-4H3/b13-12-,15-5-,17-7+,19-14-. The van der Waals surface area contributed by atoms with Crippen LogP contribution in [0.3, 0.4) is 0 Å². The number of hydrogen-bond donors (Lipinski definition) is 0. The molecule has 0 saturated heterocycles. The van der Waals surface area contributed by atoms with Crippen LogP contribution in [0.1, 0.15) is 26.3 Å². The summed E-state index contributed by atoms with van der Waals surface area (Å²) in [5.41, 5.74) is 3.26. The molecule has 1 aromatic carbocycles. The number of aliphatic imine (C=N–C) groups is 1. The van der Waals surface area contributed by atoms with Crippen molar-refractivity contribution in [1.82, 2.24) is 0 Å². The summed E-state index contributed by atoms with van der Waals surface area (Å²) in [5, 5.41) is 2.06. The summed E-state index contributed by atoms with van der Waals surface area (Å²) in [7, 11) is 0. The highest BCUT2D eigenvalue weighted by molar-refractivity contribution is 8.02. The van der Waals surface area contributed by atoms with Gasteiger partial charge in [-0.2, -0.15) is 0 Å². The van der Waals surface area contributed by atoms with Crippen molar-refractivity contribution >= 4 is 24.1 Å². The van der Waals surface area contributed by atoms with E-state index in [2.05, 4.69) is 29.1 Å². The number of thioether (sulfide) groups is 1. The normalized spacial score (nSPS) is 13.3. The number of nitrogens with zero attached hydrogens (tertiary/aromatic N) is 1. The van der Waals surface area contributed by atoms with Crippen LogP contribution in [0.15, 0.2) is 75.6 Å². The smallest absolute Gasteiger partial charge is 0.0592 e. The topological polar surface area (TPSA) is 12.4 Å². The van der Waals surface area contributed by atoms with Gasteiger partial charge in [-0.3, -0.25) is 4.99 Å². The van der Waals surface area contributed by atoms with E-state index in [4.69, 9.17) is 0 Å². The van der Waals surface area contributed by atoms with E-state index in [1.807, 2.05) is 63.4 Å². The molecule has 0 heterocycles. The molecule has 0 radical (unpaired) electrons. The van der Waals surface area contributed by atoms with Gasteiger partial charge < -0.3 is 0 Å². The predicted molar refractivity (Wildman–Crippen MR) is 93.2 cm³/mol. The van der Waals surface area contributed by atoms with Crippen LogP contribution in [0.25, 0.3) is 6.08 Å². The fourth-order valence-electron chi connectivity index (χ4n) is 1.40. The molecule has 0 saturated carbocycles. The Bertz CT molecular complexity index is 563. The fraction of sp³-hybridized carbons (Fsp3) is 0.167. The number of allylic oxidation sites excluding steroid dienone is 4. The van der Waals surface area contributed by atoms with Crippen LogP contribution >= 0.6 is 11.8 Å². The Morgan fingerprint density at radius 3 is 2.60 bits per heavy atom. The van der Waals surface area contributed by atoms with Gasteiger partial charge in [0.2, 0.25) is 0 Å². The third-order valence-electron chi connectivity index (χ3n) is 2.74. The lowest BCUT2D eigenvalue weighted by Gasteiger charge is -2.01. The van der Waals surface area contributed by atoms with Gasteiger partial charge in [0.1, 0.15) is 0 Å². The number of rotatable bonds is 6. The van der Waals surface area contributed by atoms with Gasteiger partial charge in [-0.25, -0.2) is 0 Å². The largest absolute Gasteiger partial charge is 0.257 e.